The minimum Gasteiger partial charge on any atom is -0.317 e. The van der Waals surface area contributed by atoms with E-state index in [0.29, 0.717) is 12.0 Å². The average Bonchev–Trinajstić information content (AvgIpc) is 2.77. The first kappa shape index (κ1) is 12.3. The summed E-state index contributed by atoms with van der Waals surface area (Å²) in [4.78, 5) is 15.4. The molecule has 0 spiro atoms. The van der Waals surface area contributed by atoms with Gasteiger partial charge in [-0.1, -0.05) is 6.42 Å². The summed E-state index contributed by atoms with van der Waals surface area (Å²) in [7, 11) is 2.03. The van der Waals surface area contributed by atoms with Crippen LogP contribution in [0.3, 0.4) is 0 Å². The Morgan fingerprint density at radius 1 is 1.53 bits per heavy atom. The van der Waals surface area contributed by atoms with Crippen molar-refractivity contribution in [3.63, 3.8) is 0 Å². The highest BCUT2D eigenvalue weighted by atomic mass is 16.1. The molecule has 1 aliphatic rings. The average molecular weight is 235 g/mol. The molecule has 2 rings (SSSR count). The Kier molecular flexibility index (Phi) is 3.94. The van der Waals surface area contributed by atoms with Crippen LogP contribution in [-0.2, 0) is 6.54 Å². The number of nitrogens with zero attached hydrogens (tertiary/aromatic N) is 2. The molecular weight excluding hydrogens is 214 g/mol. The fourth-order valence-electron chi connectivity index (χ4n) is 2.79. The third kappa shape index (κ3) is 2.94. The Labute approximate surface area is 102 Å². The number of aryl methyl sites for hydroxylation is 2. The SMILES string of the molecule is CNC1CCCC1CCn1cc(C)cnc1=O. The molecular formula is C13H21N3O. The summed E-state index contributed by atoms with van der Waals surface area (Å²) < 4.78 is 1.74. The van der Waals surface area contributed by atoms with Gasteiger partial charge in [-0.05, 0) is 44.7 Å². The van der Waals surface area contributed by atoms with E-state index in [2.05, 4.69) is 10.3 Å². The highest BCUT2D eigenvalue weighted by Crippen LogP contribution is 2.28. The van der Waals surface area contributed by atoms with Crippen molar-refractivity contribution in [2.75, 3.05) is 7.05 Å². The highest BCUT2D eigenvalue weighted by Gasteiger charge is 2.25. The molecule has 1 N–H and O–H groups in total. The van der Waals surface area contributed by atoms with Gasteiger partial charge in [-0.3, -0.25) is 4.57 Å². The van der Waals surface area contributed by atoms with Gasteiger partial charge in [-0.15, -0.1) is 0 Å². The molecule has 0 aliphatic heterocycles. The number of hydrogen-bond donors (Lipinski definition) is 1. The molecule has 0 aromatic carbocycles. The van der Waals surface area contributed by atoms with Gasteiger partial charge >= 0.3 is 5.69 Å². The largest absolute Gasteiger partial charge is 0.347 e. The minimum absolute atomic E-state index is 0.130. The van der Waals surface area contributed by atoms with E-state index in [1.165, 1.54) is 19.3 Å². The summed E-state index contributed by atoms with van der Waals surface area (Å²) in [6.07, 6.45) is 8.44. The van der Waals surface area contributed by atoms with Crippen LogP contribution in [0, 0.1) is 12.8 Å². The van der Waals surface area contributed by atoms with Crippen LogP contribution < -0.4 is 11.0 Å². The summed E-state index contributed by atoms with van der Waals surface area (Å²) in [5.41, 5.74) is 0.913. The van der Waals surface area contributed by atoms with Gasteiger partial charge in [0, 0.05) is 25.0 Å². The zero-order chi connectivity index (χ0) is 12.3. The zero-order valence-corrected chi connectivity index (χ0v) is 10.6. The lowest BCUT2D eigenvalue weighted by molar-refractivity contribution is 0.374. The van der Waals surface area contributed by atoms with Gasteiger partial charge in [0.2, 0.25) is 0 Å². The summed E-state index contributed by atoms with van der Waals surface area (Å²) >= 11 is 0. The molecule has 1 aromatic heterocycles. The third-order valence-corrected chi connectivity index (χ3v) is 3.75. The van der Waals surface area contributed by atoms with Gasteiger partial charge in [-0.2, -0.15) is 0 Å². The smallest absolute Gasteiger partial charge is 0.317 e. The van der Waals surface area contributed by atoms with Gasteiger partial charge in [-0.25, -0.2) is 9.78 Å². The molecule has 1 saturated carbocycles. The molecule has 2 atom stereocenters. The van der Waals surface area contributed by atoms with Crippen molar-refractivity contribution in [2.45, 2.75) is 45.2 Å². The van der Waals surface area contributed by atoms with Crippen LogP contribution >= 0.6 is 0 Å². The molecule has 1 heterocycles. The predicted molar refractivity (Wildman–Crippen MR) is 68.0 cm³/mol. The molecule has 1 aliphatic carbocycles. The number of rotatable bonds is 4. The van der Waals surface area contributed by atoms with Crippen molar-refractivity contribution in [3.8, 4) is 0 Å². The first-order valence-electron chi connectivity index (χ1n) is 6.41. The number of aromatic nitrogens is 2. The van der Waals surface area contributed by atoms with Crippen LogP contribution in [0.2, 0.25) is 0 Å². The molecule has 1 aromatic rings. The Balaban J connectivity index is 1.97. The fraction of sp³-hybridized carbons (Fsp3) is 0.692. The van der Waals surface area contributed by atoms with E-state index >= 15 is 0 Å². The summed E-state index contributed by atoms with van der Waals surface area (Å²) in [6.45, 7) is 2.76. The van der Waals surface area contributed by atoms with Crippen LogP contribution in [0.4, 0.5) is 0 Å². The summed E-state index contributed by atoms with van der Waals surface area (Å²) in [6, 6.07) is 0.628. The van der Waals surface area contributed by atoms with E-state index in [0.717, 1.165) is 18.5 Å². The van der Waals surface area contributed by atoms with E-state index in [1.54, 1.807) is 10.8 Å². The second-order valence-corrected chi connectivity index (χ2v) is 4.98. The molecule has 0 bridgehead atoms. The Morgan fingerprint density at radius 3 is 3.12 bits per heavy atom. The monoisotopic (exact) mass is 235 g/mol. The summed E-state index contributed by atoms with van der Waals surface area (Å²) in [5.74, 6) is 0.701. The first-order chi connectivity index (χ1) is 8.20. The molecule has 4 nitrogen and oxygen atoms in total. The van der Waals surface area contributed by atoms with Crippen molar-refractivity contribution in [1.29, 1.82) is 0 Å². The molecule has 0 amide bonds. The molecule has 1 fully saturated rings. The standard InChI is InChI=1S/C13H21N3O/c1-10-8-15-13(17)16(9-10)7-6-11-4-3-5-12(11)14-2/h8-9,11-12,14H,3-7H2,1-2H3. The maximum Gasteiger partial charge on any atom is 0.347 e. The van der Waals surface area contributed by atoms with Crippen LogP contribution in [-0.4, -0.2) is 22.6 Å². The van der Waals surface area contributed by atoms with Gasteiger partial charge in [0.15, 0.2) is 0 Å². The van der Waals surface area contributed by atoms with E-state index in [4.69, 9.17) is 0 Å². The van der Waals surface area contributed by atoms with Crippen molar-refractivity contribution in [2.24, 2.45) is 5.92 Å². The van der Waals surface area contributed by atoms with Crippen LogP contribution in [0.15, 0.2) is 17.2 Å². The molecule has 17 heavy (non-hydrogen) atoms. The fourth-order valence-corrected chi connectivity index (χ4v) is 2.79. The van der Waals surface area contributed by atoms with E-state index in [-0.39, 0.29) is 5.69 Å². The Bertz CT molecular complexity index is 427. The van der Waals surface area contributed by atoms with Crippen LogP contribution in [0.1, 0.15) is 31.2 Å². The quantitative estimate of drug-likeness (QED) is 0.856. The first-order valence-corrected chi connectivity index (χ1v) is 6.41. The lowest BCUT2D eigenvalue weighted by Crippen LogP contribution is -2.31. The lowest BCUT2D eigenvalue weighted by atomic mass is 10.00. The van der Waals surface area contributed by atoms with Crippen LogP contribution in [0.5, 0.6) is 0 Å². The number of nitrogens with one attached hydrogen (secondary N) is 1. The van der Waals surface area contributed by atoms with E-state index in [9.17, 15) is 4.79 Å². The second kappa shape index (κ2) is 5.45. The van der Waals surface area contributed by atoms with E-state index in [1.807, 2.05) is 20.2 Å². The molecule has 0 saturated heterocycles. The maximum atomic E-state index is 11.6. The Hall–Kier alpha value is -1.16. The van der Waals surface area contributed by atoms with E-state index < -0.39 is 0 Å². The lowest BCUT2D eigenvalue weighted by Gasteiger charge is -2.19. The maximum absolute atomic E-state index is 11.6. The zero-order valence-electron chi connectivity index (χ0n) is 10.6. The molecule has 94 valence electrons. The van der Waals surface area contributed by atoms with Gasteiger partial charge < -0.3 is 5.32 Å². The molecule has 4 heteroatoms. The third-order valence-electron chi connectivity index (χ3n) is 3.75. The summed E-state index contributed by atoms with van der Waals surface area (Å²) in [5, 5.41) is 3.37. The van der Waals surface area contributed by atoms with Gasteiger partial charge in [0.1, 0.15) is 0 Å². The Morgan fingerprint density at radius 2 is 2.35 bits per heavy atom. The second-order valence-electron chi connectivity index (χ2n) is 4.98. The number of hydrogen-bond acceptors (Lipinski definition) is 3. The highest BCUT2D eigenvalue weighted by molar-refractivity contribution is 4.99. The normalized spacial score (nSPS) is 24.1. The van der Waals surface area contributed by atoms with Crippen LogP contribution in [0.25, 0.3) is 0 Å². The van der Waals surface area contributed by atoms with Crippen molar-refractivity contribution in [3.05, 3.63) is 28.4 Å². The topological polar surface area (TPSA) is 46.9 Å². The van der Waals surface area contributed by atoms with Gasteiger partial charge in [0.25, 0.3) is 0 Å². The van der Waals surface area contributed by atoms with Gasteiger partial charge in [0.05, 0.1) is 0 Å². The van der Waals surface area contributed by atoms with Crippen molar-refractivity contribution < 1.29 is 0 Å². The minimum atomic E-state index is -0.130. The van der Waals surface area contributed by atoms with Crippen molar-refractivity contribution >= 4 is 0 Å². The predicted octanol–water partition coefficient (Wildman–Crippen LogP) is 1.33. The van der Waals surface area contributed by atoms with Crippen molar-refractivity contribution in [1.82, 2.24) is 14.9 Å². The molecule has 0 radical (unpaired) electrons. The molecule has 2 unspecified atom stereocenters.